The van der Waals surface area contributed by atoms with Gasteiger partial charge in [-0.2, -0.15) is 0 Å². The molecule has 0 amide bonds. The molecule has 1 N–H and O–H groups in total. The fourth-order valence-corrected chi connectivity index (χ4v) is 2.90. The van der Waals surface area contributed by atoms with E-state index in [0.717, 1.165) is 34.3 Å². The molecule has 2 aromatic heterocycles. The monoisotopic (exact) mass is 350 g/mol. The first-order chi connectivity index (χ1) is 9.99. The molecule has 0 saturated carbocycles. The lowest BCUT2D eigenvalue weighted by Crippen LogP contribution is -2.40. The van der Waals surface area contributed by atoms with E-state index in [1.54, 1.807) is 0 Å². The summed E-state index contributed by atoms with van der Waals surface area (Å²) in [6, 6.07) is 5.07. The molecule has 0 atom stereocenters. The minimum atomic E-state index is 0.551. The van der Waals surface area contributed by atoms with E-state index in [4.69, 9.17) is 0 Å². The molecular formula is C16H23BrN4. The van der Waals surface area contributed by atoms with Gasteiger partial charge in [-0.05, 0) is 55.8 Å². The minimum absolute atomic E-state index is 0.551. The molecule has 0 unspecified atom stereocenters. The molecule has 4 nitrogen and oxygen atoms in total. The van der Waals surface area contributed by atoms with Gasteiger partial charge in [0, 0.05) is 42.0 Å². The molecule has 0 saturated heterocycles. The zero-order valence-electron chi connectivity index (χ0n) is 13.1. The number of pyridine rings is 2. The average Bonchev–Trinajstić information content (AvgIpc) is 2.42. The molecule has 0 radical (unpaired) electrons. The summed E-state index contributed by atoms with van der Waals surface area (Å²) in [4.78, 5) is 11.3. The van der Waals surface area contributed by atoms with Crippen LogP contribution in [0.5, 0.6) is 0 Å². The number of hydrogen-bond acceptors (Lipinski definition) is 4. The molecular weight excluding hydrogens is 328 g/mol. The van der Waals surface area contributed by atoms with Crippen LogP contribution < -0.4 is 5.32 Å². The molecule has 2 aromatic rings. The smallest absolute Gasteiger partial charge is 0.112 e. The van der Waals surface area contributed by atoms with Crippen molar-refractivity contribution in [3.63, 3.8) is 0 Å². The summed E-state index contributed by atoms with van der Waals surface area (Å²) < 4.78 is 0.949. The van der Waals surface area contributed by atoms with Gasteiger partial charge in [-0.25, -0.2) is 0 Å². The highest BCUT2D eigenvalue weighted by atomic mass is 79.9. The second kappa shape index (κ2) is 7.18. The van der Waals surface area contributed by atoms with E-state index in [1.807, 2.05) is 24.5 Å². The lowest BCUT2D eigenvalue weighted by Gasteiger charge is -2.30. The minimum Gasteiger partial charge on any atom is -0.382 e. The molecule has 0 spiro atoms. The number of halogens is 1. The number of rotatable bonds is 6. The molecule has 0 aromatic carbocycles. The third-order valence-electron chi connectivity index (χ3n) is 3.56. The van der Waals surface area contributed by atoms with Gasteiger partial charge < -0.3 is 5.32 Å². The maximum Gasteiger partial charge on any atom is 0.112 e. The molecule has 2 rings (SSSR count). The van der Waals surface area contributed by atoms with Gasteiger partial charge >= 0.3 is 0 Å². The third-order valence-corrected chi connectivity index (χ3v) is 3.99. The van der Waals surface area contributed by atoms with Crippen molar-refractivity contribution in [3.8, 4) is 0 Å². The van der Waals surface area contributed by atoms with Crippen molar-refractivity contribution in [2.45, 2.75) is 39.8 Å². The molecule has 0 aliphatic heterocycles. The van der Waals surface area contributed by atoms with Crippen LogP contribution in [0, 0.1) is 0 Å². The normalized spacial score (nSPS) is 11.8. The van der Waals surface area contributed by atoms with E-state index in [-0.39, 0.29) is 0 Å². The molecule has 5 heteroatoms. The van der Waals surface area contributed by atoms with Gasteiger partial charge in [0.05, 0.1) is 11.2 Å². The Labute approximate surface area is 135 Å². The molecule has 0 fully saturated rings. The van der Waals surface area contributed by atoms with Crippen molar-refractivity contribution >= 4 is 32.7 Å². The van der Waals surface area contributed by atoms with E-state index < -0.39 is 0 Å². The predicted octanol–water partition coefficient (Wildman–Crippen LogP) is 3.92. The summed E-state index contributed by atoms with van der Waals surface area (Å²) in [6.45, 7) is 10.9. The van der Waals surface area contributed by atoms with Crippen LogP contribution in [-0.2, 0) is 0 Å². The van der Waals surface area contributed by atoms with Gasteiger partial charge in [-0.3, -0.25) is 14.9 Å². The van der Waals surface area contributed by atoms with Crippen LogP contribution in [0.2, 0.25) is 0 Å². The van der Waals surface area contributed by atoms with Gasteiger partial charge in [-0.15, -0.1) is 0 Å². The number of fused-ring (bicyclic) bond motifs is 1. The van der Waals surface area contributed by atoms with E-state index >= 15 is 0 Å². The van der Waals surface area contributed by atoms with Crippen LogP contribution in [-0.4, -0.2) is 40.0 Å². The predicted molar refractivity (Wildman–Crippen MR) is 92.7 cm³/mol. The maximum absolute atomic E-state index is 4.46. The molecule has 2 heterocycles. The lowest BCUT2D eigenvalue weighted by molar-refractivity contribution is 0.182. The molecule has 0 bridgehead atoms. The first-order valence-electron chi connectivity index (χ1n) is 7.39. The van der Waals surface area contributed by atoms with Gasteiger partial charge in [0.15, 0.2) is 0 Å². The Morgan fingerprint density at radius 2 is 1.90 bits per heavy atom. The van der Waals surface area contributed by atoms with Gasteiger partial charge in [0.25, 0.3) is 0 Å². The number of nitrogens with zero attached hydrogens (tertiary/aromatic N) is 3. The standard InChI is InChI=1S/C16H23BrN4/c1-11(2)21(12(3)4)8-7-19-14-5-6-18-15-9-13(17)10-20-16(14)15/h5-6,9-12H,7-8H2,1-4H3,(H,18,19). The van der Waals surface area contributed by atoms with Crippen molar-refractivity contribution in [2.24, 2.45) is 0 Å². The number of nitrogens with one attached hydrogen (secondary N) is 1. The maximum atomic E-state index is 4.46. The van der Waals surface area contributed by atoms with E-state index in [9.17, 15) is 0 Å². The Hall–Kier alpha value is -1.20. The molecule has 21 heavy (non-hydrogen) atoms. The Morgan fingerprint density at radius 1 is 1.19 bits per heavy atom. The first kappa shape index (κ1) is 16.2. The van der Waals surface area contributed by atoms with Gasteiger partial charge in [0.2, 0.25) is 0 Å². The Balaban J connectivity index is 2.07. The third kappa shape index (κ3) is 4.14. The summed E-state index contributed by atoms with van der Waals surface area (Å²) in [6.07, 6.45) is 3.63. The summed E-state index contributed by atoms with van der Waals surface area (Å²) in [5.41, 5.74) is 2.86. The summed E-state index contributed by atoms with van der Waals surface area (Å²) >= 11 is 3.43. The van der Waals surface area contributed by atoms with Crippen LogP contribution in [0.3, 0.4) is 0 Å². The van der Waals surface area contributed by atoms with Crippen LogP contribution in [0.25, 0.3) is 11.0 Å². The molecule has 0 aliphatic rings. The fraction of sp³-hybridized carbons (Fsp3) is 0.500. The van der Waals surface area contributed by atoms with Gasteiger partial charge in [0.1, 0.15) is 5.52 Å². The Bertz CT molecular complexity index is 590. The largest absolute Gasteiger partial charge is 0.382 e. The second-order valence-electron chi connectivity index (χ2n) is 5.73. The fourth-order valence-electron chi connectivity index (χ4n) is 2.58. The van der Waals surface area contributed by atoms with Crippen LogP contribution >= 0.6 is 15.9 Å². The Morgan fingerprint density at radius 3 is 2.57 bits per heavy atom. The van der Waals surface area contributed by atoms with Crippen LogP contribution in [0.4, 0.5) is 5.69 Å². The number of anilines is 1. The number of aromatic nitrogens is 2. The van der Waals surface area contributed by atoms with Crippen LogP contribution in [0.15, 0.2) is 29.0 Å². The topological polar surface area (TPSA) is 41.0 Å². The summed E-state index contributed by atoms with van der Waals surface area (Å²) in [5, 5.41) is 3.49. The molecule has 114 valence electrons. The highest BCUT2D eigenvalue weighted by molar-refractivity contribution is 9.10. The SMILES string of the molecule is CC(C)N(CCNc1ccnc2cc(Br)cnc12)C(C)C. The van der Waals surface area contributed by atoms with Crippen molar-refractivity contribution in [3.05, 3.63) is 29.0 Å². The highest BCUT2D eigenvalue weighted by Gasteiger charge is 2.12. The van der Waals surface area contributed by atoms with E-state index in [2.05, 4.69) is 63.8 Å². The zero-order valence-corrected chi connectivity index (χ0v) is 14.7. The van der Waals surface area contributed by atoms with Crippen molar-refractivity contribution < 1.29 is 0 Å². The zero-order chi connectivity index (χ0) is 15.4. The van der Waals surface area contributed by atoms with E-state index in [0.29, 0.717) is 12.1 Å². The van der Waals surface area contributed by atoms with Crippen LogP contribution in [0.1, 0.15) is 27.7 Å². The van der Waals surface area contributed by atoms with Crippen molar-refractivity contribution in [1.82, 2.24) is 14.9 Å². The molecule has 0 aliphatic carbocycles. The van der Waals surface area contributed by atoms with Crippen molar-refractivity contribution in [1.29, 1.82) is 0 Å². The summed E-state index contributed by atoms with van der Waals surface area (Å²) in [7, 11) is 0. The number of hydrogen-bond donors (Lipinski definition) is 1. The highest BCUT2D eigenvalue weighted by Crippen LogP contribution is 2.21. The average molecular weight is 351 g/mol. The Kier molecular flexibility index (Phi) is 5.53. The van der Waals surface area contributed by atoms with Gasteiger partial charge in [-0.1, -0.05) is 0 Å². The van der Waals surface area contributed by atoms with Crippen molar-refractivity contribution in [2.75, 3.05) is 18.4 Å². The second-order valence-corrected chi connectivity index (χ2v) is 6.65. The quantitative estimate of drug-likeness (QED) is 0.856. The lowest BCUT2D eigenvalue weighted by atomic mass is 10.2. The summed E-state index contributed by atoms with van der Waals surface area (Å²) in [5.74, 6) is 0. The first-order valence-corrected chi connectivity index (χ1v) is 8.18. The van der Waals surface area contributed by atoms with E-state index in [1.165, 1.54) is 0 Å².